The first-order chi connectivity index (χ1) is 11.6. The maximum Gasteiger partial charge on any atom is 0.127 e. The number of aromatic hydroxyl groups is 2. The van der Waals surface area contributed by atoms with Gasteiger partial charge in [-0.25, -0.2) is 0 Å². The summed E-state index contributed by atoms with van der Waals surface area (Å²) in [5.41, 5.74) is 1.65. The SMILES string of the molecule is Oc1c2c(c(O)c3ccccc13)CC(Sc1ccc(Cl)cc1)=CC2. The molecule has 24 heavy (non-hydrogen) atoms. The number of rotatable bonds is 2. The maximum atomic E-state index is 10.7. The van der Waals surface area contributed by atoms with Crippen LogP contribution in [-0.2, 0) is 12.8 Å². The van der Waals surface area contributed by atoms with Gasteiger partial charge in [0.25, 0.3) is 0 Å². The van der Waals surface area contributed by atoms with Gasteiger partial charge in [0.15, 0.2) is 0 Å². The summed E-state index contributed by atoms with van der Waals surface area (Å²) in [6, 6.07) is 15.1. The average molecular weight is 355 g/mol. The highest BCUT2D eigenvalue weighted by Crippen LogP contribution is 2.44. The molecule has 0 spiro atoms. The molecule has 0 unspecified atom stereocenters. The molecule has 4 rings (SSSR count). The molecule has 0 saturated heterocycles. The molecule has 0 bridgehead atoms. The predicted octanol–water partition coefficient (Wildman–Crippen LogP) is 5.68. The van der Waals surface area contributed by atoms with E-state index in [2.05, 4.69) is 6.08 Å². The first-order valence-corrected chi connectivity index (χ1v) is 8.90. The fourth-order valence-electron chi connectivity index (χ4n) is 3.11. The van der Waals surface area contributed by atoms with Gasteiger partial charge in [-0.3, -0.25) is 0 Å². The summed E-state index contributed by atoms with van der Waals surface area (Å²) in [5.74, 6) is 0.561. The molecular weight excluding hydrogens is 340 g/mol. The predicted molar refractivity (Wildman–Crippen MR) is 100 cm³/mol. The summed E-state index contributed by atoms with van der Waals surface area (Å²) in [7, 11) is 0. The minimum Gasteiger partial charge on any atom is -0.507 e. The maximum absolute atomic E-state index is 10.7. The minimum atomic E-state index is 0.278. The standard InChI is InChI=1S/C20H15ClO2S/c21-12-5-7-13(8-6-12)24-14-9-10-17-18(11-14)20(23)16-4-2-1-3-15(16)19(17)22/h1-9,22-23H,10-11H2. The van der Waals surface area contributed by atoms with Crippen LogP contribution < -0.4 is 0 Å². The largest absolute Gasteiger partial charge is 0.507 e. The van der Waals surface area contributed by atoms with Crippen LogP contribution in [0.15, 0.2) is 64.4 Å². The lowest BCUT2D eigenvalue weighted by Crippen LogP contribution is -2.03. The van der Waals surface area contributed by atoms with Gasteiger partial charge < -0.3 is 10.2 Å². The van der Waals surface area contributed by atoms with Gasteiger partial charge in [0.2, 0.25) is 0 Å². The summed E-state index contributed by atoms with van der Waals surface area (Å²) >= 11 is 7.60. The zero-order chi connectivity index (χ0) is 16.7. The van der Waals surface area contributed by atoms with Gasteiger partial charge >= 0.3 is 0 Å². The lowest BCUT2D eigenvalue weighted by Gasteiger charge is -2.21. The van der Waals surface area contributed by atoms with E-state index in [-0.39, 0.29) is 11.5 Å². The summed E-state index contributed by atoms with van der Waals surface area (Å²) in [6.45, 7) is 0. The molecule has 0 fully saturated rings. The van der Waals surface area contributed by atoms with Crippen LogP contribution in [0, 0.1) is 0 Å². The van der Waals surface area contributed by atoms with Gasteiger partial charge in [0, 0.05) is 38.2 Å². The molecule has 0 aliphatic heterocycles. The molecule has 120 valence electrons. The third-order valence-electron chi connectivity index (χ3n) is 4.32. The zero-order valence-corrected chi connectivity index (χ0v) is 14.4. The topological polar surface area (TPSA) is 40.5 Å². The Kier molecular flexibility index (Phi) is 3.91. The van der Waals surface area contributed by atoms with Crippen molar-refractivity contribution in [3.05, 3.63) is 75.7 Å². The van der Waals surface area contributed by atoms with E-state index >= 15 is 0 Å². The molecule has 1 aliphatic rings. The lowest BCUT2D eigenvalue weighted by atomic mass is 9.91. The Bertz CT molecular complexity index is 962. The minimum absolute atomic E-state index is 0.278. The van der Waals surface area contributed by atoms with Crippen LogP contribution in [0.25, 0.3) is 10.8 Å². The van der Waals surface area contributed by atoms with Gasteiger partial charge in [0.05, 0.1) is 0 Å². The quantitative estimate of drug-likeness (QED) is 0.582. The molecule has 4 heteroatoms. The third-order valence-corrected chi connectivity index (χ3v) is 5.65. The molecule has 0 saturated carbocycles. The van der Waals surface area contributed by atoms with Crippen molar-refractivity contribution in [2.24, 2.45) is 0 Å². The fraction of sp³-hybridized carbons (Fsp3) is 0.100. The highest BCUT2D eigenvalue weighted by atomic mass is 35.5. The molecule has 2 N–H and O–H groups in total. The van der Waals surface area contributed by atoms with Crippen LogP contribution in [0.3, 0.4) is 0 Å². The molecule has 0 aromatic heterocycles. The highest BCUT2D eigenvalue weighted by Gasteiger charge is 2.22. The smallest absolute Gasteiger partial charge is 0.127 e. The molecule has 0 heterocycles. The number of benzene rings is 3. The van der Waals surface area contributed by atoms with E-state index in [1.165, 1.54) is 0 Å². The number of hydrogen-bond donors (Lipinski definition) is 2. The number of fused-ring (bicyclic) bond motifs is 2. The Hall–Kier alpha value is -2.10. The van der Waals surface area contributed by atoms with Crippen molar-refractivity contribution in [2.75, 3.05) is 0 Å². The Morgan fingerprint density at radius 1 is 0.833 bits per heavy atom. The van der Waals surface area contributed by atoms with Crippen LogP contribution in [0.5, 0.6) is 11.5 Å². The highest BCUT2D eigenvalue weighted by molar-refractivity contribution is 8.03. The van der Waals surface area contributed by atoms with Crippen molar-refractivity contribution in [1.29, 1.82) is 0 Å². The second-order valence-electron chi connectivity index (χ2n) is 5.81. The van der Waals surface area contributed by atoms with Crippen molar-refractivity contribution >= 4 is 34.1 Å². The fourth-order valence-corrected chi connectivity index (χ4v) is 4.20. The van der Waals surface area contributed by atoms with Gasteiger partial charge in [0.1, 0.15) is 11.5 Å². The van der Waals surface area contributed by atoms with Crippen molar-refractivity contribution in [3.63, 3.8) is 0 Å². The Morgan fingerprint density at radius 3 is 2.12 bits per heavy atom. The summed E-state index contributed by atoms with van der Waals surface area (Å²) in [6.07, 6.45) is 3.36. The van der Waals surface area contributed by atoms with Crippen molar-refractivity contribution < 1.29 is 10.2 Å². The Balaban J connectivity index is 1.71. The van der Waals surface area contributed by atoms with Gasteiger partial charge in [-0.1, -0.05) is 53.7 Å². The van der Waals surface area contributed by atoms with E-state index in [4.69, 9.17) is 11.6 Å². The lowest BCUT2D eigenvalue weighted by molar-refractivity contribution is 0.459. The Labute approximate surface area is 149 Å². The second kappa shape index (κ2) is 6.08. The molecule has 3 aromatic rings. The summed E-state index contributed by atoms with van der Waals surface area (Å²) < 4.78 is 0. The third kappa shape index (κ3) is 2.64. The number of allylic oxidation sites excluding steroid dienone is 2. The molecule has 0 radical (unpaired) electrons. The molecule has 2 nitrogen and oxygen atoms in total. The first-order valence-electron chi connectivity index (χ1n) is 7.70. The Morgan fingerprint density at radius 2 is 1.46 bits per heavy atom. The van der Waals surface area contributed by atoms with E-state index in [0.29, 0.717) is 23.6 Å². The van der Waals surface area contributed by atoms with Gasteiger partial charge in [-0.05, 0) is 35.6 Å². The van der Waals surface area contributed by atoms with Crippen LogP contribution in [-0.4, -0.2) is 10.2 Å². The molecule has 0 atom stereocenters. The molecule has 3 aromatic carbocycles. The van der Waals surface area contributed by atoms with Crippen molar-refractivity contribution in [3.8, 4) is 11.5 Å². The number of thioether (sulfide) groups is 1. The molecule has 1 aliphatic carbocycles. The van der Waals surface area contributed by atoms with E-state index in [9.17, 15) is 10.2 Å². The van der Waals surface area contributed by atoms with Crippen LogP contribution in [0.4, 0.5) is 0 Å². The van der Waals surface area contributed by atoms with E-state index in [0.717, 1.165) is 26.0 Å². The van der Waals surface area contributed by atoms with E-state index in [1.807, 2.05) is 48.5 Å². The van der Waals surface area contributed by atoms with E-state index < -0.39 is 0 Å². The van der Waals surface area contributed by atoms with Crippen LogP contribution in [0.1, 0.15) is 11.1 Å². The second-order valence-corrected chi connectivity index (χ2v) is 7.44. The van der Waals surface area contributed by atoms with Gasteiger partial charge in [-0.15, -0.1) is 0 Å². The normalized spacial score (nSPS) is 13.6. The molecular formula is C20H15ClO2S. The number of halogens is 1. The van der Waals surface area contributed by atoms with Crippen LogP contribution >= 0.6 is 23.4 Å². The summed E-state index contributed by atoms with van der Waals surface area (Å²) in [5, 5.41) is 23.4. The van der Waals surface area contributed by atoms with Gasteiger partial charge in [-0.2, -0.15) is 0 Å². The zero-order valence-electron chi connectivity index (χ0n) is 12.8. The molecule has 0 amide bonds. The van der Waals surface area contributed by atoms with Crippen molar-refractivity contribution in [2.45, 2.75) is 17.7 Å². The number of phenols is 2. The monoisotopic (exact) mass is 354 g/mol. The number of phenolic OH excluding ortho intramolecular Hbond substituents is 2. The van der Waals surface area contributed by atoms with E-state index in [1.54, 1.807) is 11.8 Å². The number of hydrogen-bond acceptors (Lipinski definition) is 3. The van der Waals surface area contributed by atoms with Crippen LogP contribution in [0.2, 0.25) is 5.02 Å². The van der Waals surface area contributed by atoms with Crippen molar-refractivity contribution in [1.82, 2.24) is 0 Å². The average Bonchev–Trinajstić information content (AvgIpc) is 2.62. The summed E-state index contributed by atoms with van der Waals surface area (Å²) in [4.78, 5) is 2.27. The first kappa shape index (κ1) is 15.4.